The Hall–Kier alpha value is -3.95. The van der Waals surface area contributed by atoms with E-state index in [1.807, 2.05) is 33.0 Å². The fourth-order valence-corrected chi connectivity index (χ4v) is 12.0. The number of fused-ring (bicyclic) bond motifs is 6. The highest BCUT2D eigenvalue weighted by atomic mass is 32.1. The number of cyclic esters (lactones) is 1. The molecule has 6 bridgehead atoms. The molecule has 7 heterocycles. The third-order valence-electron chi connectivity index (χ3n) is 12.6. The van der Waals surface area contributed by atoms with Gasteiger partial charge in [-0.15, -0.1) is 11.3 Å². The number of aryl methyl sites for hydroxylation is 1. The van der Waals surface area contributed by atoms with Gasteiger partial charge in [0.1, 0.15) is 6.04 Å². The Morgan fingerprint density at radius 3 is 2.69 bits per heavy atom. The fraction of sp³-hybridized carbons (Fsp3) is 0.568. The van der Waals surface area contributed by atoms with E-state index in [-0.39, 0.29) is 54.3 Å². The maximum Gasteiger partial charge on any atom is 0.324 e. The second-order valence-corrected chi connectivity index (χ2v) is 19.8. The van der Waals surface area contributed by atoms with Crippen molar-refractivity contribution in [2.24, 2.45) is 16.7 Å². The minimum absolute atomic E-state index is 0.00165. The molecule has 1 aromatic carbocycles. The normalized spacial score (nSPS) is 28.1. The molecule has 2 N–H and O–H groups in total. The summed E-state index contributed by atoms with van der Waals surface area (Å²) >= 11 is 1.56. The Labute approximate surface area is 347 Å². The third kappa shape index (κ3) is 7.66. The summed E-state index contributed by atoms with van der Waals surface area (Å²) in [5.74, 6) is -0.651. The molecule has 4 aliphatic heterocycles. The zero-order chi connectivity index (χ0) is 40.9. The van der Waals surface area contributed by atoms with Crippen LogP contribution in [0, 0.1) is 16.7 Å². The third-order valence-corrected chi connectivity index (χ3v) is 15.4. The summed E-state index contributed by atoms with van der Waals surface area (Å²) in [6.07, 6.45) is 5.14. The van der Waals surface area contributed by atoms with Gasteiger partial charge in [-0.05, 0) is 95.7 Å². The topological polar surface area (TPSA) is 137 Å². The molecule has 1 spiro atoms. The van der Waals surface area contributed by atoms with Crippen molar-refractivity contribution in [3.8, 4) is 22.5 Å². The molecule has 7 atom stereocenters. The number of benzene rings is 1. The fourth-order valence-electron chi connectivity index (χ4n) is 9.47. The van der Waals surface area contributed by atoms with Crippen LogP contribution < -0.4 is 10.7 Å². The van der Waals surface area contributed by atoms with Crippen LogP contribution >= 0.6 is 11.3 Å². The van der Waals surface area contributed by atoms with Crippen LogP contribution in [0.15, 0.2) is 41.9 Å². The lowest BCUT2D eigenvalue weighted by molar-refractivity contribution is -0.158. The molecule has 12 nitrogen and oxygen atoms in total. The second kappa shape index (κ2) is 16.2. The summed E-state index contributed by atoms with van der Waals surface area (Å²) < 4.78 is 20.3. The van der Waals surface area contributed by atoms with Crippen molar-refractivity contribution < 1.29 is 28.6 Å². The Bertz CT molecular complexity index is 2200. The Kier molecular flexibility index (Phi) is 11.4. The molecule has 4 aliphatic rings. The number of hydrogen-bond acceptors (Lipinski definition) is 10. The summed E-state index contributed by atoms with van der Waals surface area (Å²) in [5, 5.41) is 9.02. The van der Waals surface area contributed by atoms with Gasteiger partial charge in [-0.1, -0.05) is 19.9 Å². The van der Waals surface area contributed by atoms with Crippen molar-refractivity contribution in [2.75, 3.05) is 20.3 Å². The molecule has 3 aromatic heterocycles. The van der Waals surface area contributed by atoms with E-state index in [0.29, 0.717) is 60.6 Å². The molecular formula is C44H56N6O6SSi. The lowest BCUT2D eigenvalue weighted by Gasteiger charge is -2.51. The minimum atomic E-state index is -0.900. The average molecular weight is 825 g/mol. The van der Waals surface area contributed by atoms with Gasteiger partial charge in [0.2, 0.25) is 11.8 Å². The number of hydrogen-bond donors (Lipinski definition) is 2. The summed E-state index contributed by atoms with van der Waals surface area (Å²) in [6.45, 7) is 13.9. The van der Waals surface area contributed by atoms with Crippen molar-refractivity contribution in [2.45, 2.75) is 123 Å². The lowest BCUT2D eigenvalue weighted by Crippen LogP contribution is -2.70. The molecule has 3 fully saturated rings. The van der Waals surface area contributed by atoms with Crippen molar-refractivity contribution in [3.63, 3.8) is 0 Å². The van der Waals surface area contributed by atoms with Crippen LogP contribution in [0.5, 0.6) is 0 Å². The molecular weight excluding hydrogens is 769 g/mol. The highest BCUT2D eigenvalue weighted by Gasteiger charge is 2.56. The minimum Gasteiger partial charge on any atom is -0.464 e. The van der Waals surface area contributed by atoms with Gasteiger partial charge in [-0.2, -0.15) is 0 Å². The maximum atomic E-state index is 14.9. The number of nitrogens with one attached hydrogen (secondary N) is 2. The number of pyridine rings is 1. The average Bonchev–Trinajstić information content (AvgIpc) is 3.80. The summed E-state index contributed by atoms with van der Waals surface area (Å²) in [7, 11) is 2.10. The standard InChI is InChI=1S/C44H56N6O6SSi/c1-8-49-35-14-13-28-19-31(35)32(38(49)30-11-9-15-45-37(30)27(4)54-7)20-43(5,6)23-55-40(52)33-12-10-16-50(48-33)42(53)44(21-36-46-34(28)22-57-36)24-58-41(44)47-39(51)29-17-25(2)56-26(3)18-29/h9,11,13-15,19,22,25-27,29,33,41,48H,8,10,12,16-18,20-21,23-24H2,1-7H3,(H,47,51)/t25-,26+,27-,29?,33-,41?,44?/m0/s1. The van der Waals surface area contributed by atoms with Gasteiger partial charge in [-0.3, -0.25) is 24.4 Å². The number of carbonyl (C=O) groups excluding carboxylic acids is 3. The molecule has 4 aromatic rings. The number of thiazole rings is 1. The van der Waals surface area contributed by atoms with E-state index in [0.717, 1.165) is 56.2 Å². The smallest absolute Gasteiger partial charge is 0.324 e. The first-order valence-electron chi connectivity index (χ1n) is 20.8. The predicted molar refractivity (Wildman–Crippen MR) is 225 cm³/mol. The summed E-state index contributed by atoms with van der Waals surface area (Å²) in [4.78, 5) is 52.6. The zero-order valence-electron chi connectivity index (χ0n) is 34.7. The van der Waals surface area contributed by atoms with Crippen LogP contribution in [0.1, 0.15) is 89.6 Å². The van der Waals surface area contributed by atoms with Crippen LogP contribution in [-0.2, 0) is 48.0 Å². The number of nitrogens with zero attached hydrogens (tertiary/aromatic N) is 4. The van der Waals surface area contributed by atoms with E-state index >= 15 is 0 Å². The van der Waals surface area contributed by atoms with E-state index in [1.165, 1.54) is 0 Å². The van der Waals surface area contributed by atoms with Gasteiger partial charge >= 0.3 is 5.97 Å². The van der Waals surface area contributed by atoms with Crippen molar-refractivity contribution in [1.82, 2.24) is 30.3 Å². The van der Waals surface area contributed by atoms with Crippen molar-refractivity contribution in [1.29, 1.82) is 0 Å². The molecule has 8 rings (SSSR count). The number of carbonyl (C=O) groups is 3. The molecule has 2 amide bonds. The van der Waals surface area contributed by atoms with E-state index < -0.39 is 16.9 Å². The Balaban J connectivity index is 1.22. The molecule has 0 aliphatic carbocycles. The molecule has 14 heteroatoms. The van der Waals surface area contributed by atoms with Gasteiger partial charge in [0, 0.05) is 77.2 Å². The monoisotopic (exact) mass is 824 g/mol. The number of amides is 2. The zero-order valence-corrected chi connectivity index (χ0v) is 36.5. The van der Waals surface area contributed by atoms with Gasteiger partial charge < -0.3 is 24.1 Å². The molecule has 3 saturated heterocycles. The highest BCUT2D eigenvalue weighted by Crippen LogP contribution is 2.45. The number of methoxy groups -OCH3 is 1. The van der Waals surface area contributed by atoms with E-state index in [2.05, 4.69) is 65.7 Å². The predicted octanol–water partition coefficient (Wildman–Crippen LogP) is 6.49. The van der Waals surface area contributed by atoms with Crippen molar-refractivity contribution >= 4 is 49.5 Å². The molecule has 0 saturated carbocycles. The van der Waals surface area contributed by atoms with E-state index in [1.54, 1.807) is 23.5 Å². The quantitative estimate of drug-likeness (QED) is 0.165. The first-order chi connectivity index (χ1) is 27.8. The van der Waals surface area contributed by atoms with Gasteiger partial charge in [0.05, 0.1) is 61.9 Å². The number of ether oxygens (including phenoxy) is 3. The summed E-state index contributed by atoms with van der Waals surface area (Å²) in [6, 6.07) is 10.6. The first kappa shape index (κ1) is 40.8. The maximum absolute atomic E-state index is 14.9. The number of hydrazine groups is 1. The van der Waals surface area contributed by atoms with Crippen LogP contribution in [0.4, 0.5) is 0 Å². The summed E-state index contributed by atoms with van der Waals surface area (Å²) in [5.41, 5.74) is 8.67. The molecule has 308 valence electrons. The van der Waals surface area contributed by atoms with Crippen LogP contribution in [0.25, 0.3) is 33.4 Å². The molecule has 2 radical (unpaired) electrons. The molecule has 58 heavy (non-hydrogen) atoms. The Morgan fingerprint density at radius 2 is 1.97 bits per heavy atom. The molecule has 3 unspecified atom stereocenters. The van der Waals surface area contributed by atoms with E-state index in [4.69, 9.17) is 24.2 Å². The van der Waals surface area contributed by atoms with E-state index in [9.17, 15) is 14.4 Å². The van der Waals surface area contributed by atoms with Gasteiger partial charge in [0.15, 0.2) is 0 Å². The van der Waals surface area contributed by atoms with Gasteiger partial charge in [-0.25, -0.2) is 10.4 Å². The van der Waals surface area contributed by atoms with Crippen LogP contribution in [0.3, 0.4) is 0 Å². The van der Waals surface area contributed by atoms with Crippen molar-refractivity contribution in [3.05, 3.63) is 58.2 Å². The number of aromatic nitrogens is 3. The lowest BCUT2D eigenvalue weighted by atomic mass is 9.82. The Morgan fingerprint density at radius 1 is 1.17 bits per heavy atom. The SMILES string of the molecule is CCn1c(-c2cccnc2[C@H](C)OC)c2c3cc(ccc31)-c1csc(n1)CC1(C[Si]C1NC(=O)C1C[C@@H](C)O[C@@H](C)C1)C(=O)N1CCC[C@H](N1)C(=O)OCC(C)(C)C2. The highest BCUT2D eigenvalue weighted by molar-refractivity contribution is 7.10. The van der Waals surface area contributed by atoms with Crippen LogP contribution in [-0.4, -0.2) is 91.0 Å². The second-order valence-electron chi connectivity index (χ2n) is 17.6. The number of esters is 1. The first-order valence-corrected chi connectivity index (χ1v) is 23.0. The largest absolute Gasteiger partial charge is 0.464 e. The van der Waals surface area contributed by atoms with Crippen LogP contribution in [0.2, 0.25) is 6.04 Å². The number of rotatable bonds is 6. The van der Waals surface area contributed by atoms with Gasteiger partial charge in [0.25, 0.3) is 0 Å².